The van der Waals surface area contributed by atoms with Gasteiger partial charge in [-0.15, -0.1) is 0 Å². The molecular weight excluding hydrogens is 154 g/mol. The van der Waals surface area contributed by atoms with Crippen molar-refractivity contribution in [3.8, 4) is 0 Å². The smallest absolute Gasteiger partial charge is 0.320 e. The van der Waals surface area contributed by atoms with Crippen LogP contribution in [-0.4, -0.2) is 12.7 Å². The van der Waals surface area contributed by atoms with E-state index in [-0.39, 0.29) is 6.03 Å². The third kappa shape index (κ3) is 1.18. The van der Waals surface area contributed by atoms with Gasteiger partial charge in [-0.05, 0) is 12.1 Å². The van der Waals surface area contributed by atoms with Gasteiger partial charge in [0.1, 0.15) is 0 Å². The Labute approximate surface area is 70.0 Å². The van der Waals surface area contributed by atoms with Crippen LogP contribution in [-0.2, 0) is 0 Å². The second-order valence-electron chi connectivity index (χ2n) is 2.53. The molecule has 62 valence electrons. The van der Waals surface area contributed by atoms with Gasteiger partial charge in [0.15, 0.2) is 0 Å². The highest BCUT2D eigenvalue weighted by molar-refractivity contribution is 5.94. The van der Waals surface area contributed by atoms with E-state index in [0.717, 1.165) is 11.4 Å². The normalized spacial score (nSPS) is 14.8. The van der Waals surface area contributed by atoms with E-state index in [2.05, 4.69) is 16.0 Å². The van der Waals surface area contributed by atoms with Gasteiger partial charge in [-0.3, -0.25) is 0 Å². The summed E-state index contributed by atoms with van der Waals surface area (Å²) < 4.78 is 0. The van der Waals surface area contributed by atoms with Crippen LogP contribution in [0.4, 0.5) is 16.2 Å². The zero-order valence-electron chi connectivity index (χ0n) is 6.42. The monoisotopic (exact) mass is 163 g/mol. The molecule has 4 nitrogen and oxygen atoms in total. The number of carbonyl (C=O) groups is 1. The average Bonchev–Trinajstić information content (AvgIpc) is 2.25. The van der Waals surface area contributed by atoms with Crippen molar-refractivity contribution in [2.24, 2.45) is 0 Å². The van der Waals surface area contributed by atoms with Crippen molar-refractivity contribution < 1.29 is 4.79 Å². The molecule has 12 heavy (non-hydrogen) atoms. The molecule has 1 heterocycles. The lowest BCUT2D eigenvalue weighted by Crippen LogP contribution is -2.29. The molecule has 1 aliphatic rings. The van der Waals surface area contributed by atoms with Crippen molar-refractivity contribution in [1.82, 2.24) is 5.32 Å². The van der Waals surface area contributed by atoms with E-state index >= 15 is 0 Å². The van der Waals surface area contributed by atoms with Crippen molar-refractivity contribution in [3.05, 3.63) is 24.3 Å². The van der Waals surface area contributed by atoms with E-state index in [9.17, 15) is 4.79 Å². The van der Waals surface area contributed by atoms with Crippen LogP contribution in [0.2, 0.25) is 0 Å². The second-order valence-corrected chi connectivity index (χ2v) is 2.53. The number of anilines is 2. The van der Waals surface area contributed by atoms with Crippen LogP contribution in [0.25, 0.3) is 0 Å². The molecule has 2 rings (SSSR count). The average molecular weight is 163 g/mol. The zero-order chi connectivity index (χ0) is 8.39. The van der Waals surface area contributed by atoms with Crippen LogP contribution < -0.4 is 16.0 Å². The quantitative estimate of drug-likeness (QED) is 0.538. The summed E-state index contributed by atoms with van der Waals surface area (Å²) in [6.45, 7) is 0.461. The molecule has 0 atom stereocenters. The zero-order valence-corrected chi connectivity index (χ0v) is 6.42. The first-order valence-corrected chi connectivity index (χ1v) is 3.74. The number of carbonyl (C=O) groups excluding carboxylic acids is 1. The molecule has 0 fully saturated rings. The van der Waals surface area contributed by atoms with Gasteiger partial charge in [-0.25, -0.2) is 4.79 Å². The minimum Gasteiger partial charge on any atom is -0.366 e. The lowest BCUT2D eigenvalue weighted by molar-refractivity contribution is 0.253. The maximum absolute atomic E-state index is 11.0. The number of amides is 2. The molecule has 1 aromatic rings. The summed E-state index contributed by atoms with van der Waals surface area (Å²) in [5.41, 5.74) is 1.75. The van der Waals surface area contributed by atoms with Gasteiger partial charge in [-0.2, -0.15) is 0 Å². The van der Waals surface area contributed by atoms with Crippen LogP contribution in [0.1, 0.15) is 0 Å². The summed E-state index contributed by atoms with van der Waals surface area (Å²) in [5, 5.41) is 8.40. The van der Waals surface area contributed by atoms with Gasteiger partial charge >= 0.3 is 6.03 Å². The van der Waals surface area contributed by atoms with Crippen LogP contribution >= 0.6 is 0 Å². The number of fused-ring (bicyclic) bond motifs is 1. The van der Waals surface area contributed by atoms with Crippen LogP contribution in [0.3, 0.4) is 0 Å². The van der Waals surface area contributed by atoms with Crippen molar-refractivity contribution >= 4 is 17.4 Å². The Morgan fingerprint density at radius 3 is 2.67 bits per heavy atom. The highest BCUT2D eigenvalue weighted by Gasteiger charge is 2.08. The minimum atomic E-state index is -0.174. The first-order valence-electron chi connectivity index (χ1n) is 3.74. The first kappa shape index (κ1) is 6.97. The molecule has 0 radical (unpaired) electrons. The first-order chi connectivity index (χ1) is 5.86. The molecule has 3 N–H and O–H groups in total. The van der Waals surface area contributed by atoms with Gasteiger partial charge < -0.3 is 16.0 Å². The Bertz CT molecular complexity index is 311. The molecule has 0 aromatic heterocycles. The topological polar surface area (TPSA) is 53.2 Å². The fraction of sp³-hybridized carbons (Fsp3) is 0.125. The Balaban J connectivity index is 2.37. The molecule has 0 unspecified atom stereocenters. The summed E-state index contributed by atoms with van der Waals surface area (Å²) in [6.07, 6.45) is 0. The Kier molecular flexibility index (Phi) is 1.59. The SMILES string of the molecule is O=C1NCNc2ccccc2N1. The third-order valence-corrected chi connectivity index (χ3v) is 1.70. The van der Waals surface area contributed by atoms with Crippen molar-refractivity contribution in [3.63, 3.8) is 0 Å². The van der Waals surface area contributed by atoms with E-state index in [0.29, 0.717) is 6.67 Å². The van der Waals surface area contributed by atoms with Crippen molar-refractivity contribution in [2.75, 3.05) is 17.3 Å². The van der Waals surface area contributed by atoms with Crippen LogP contribution in [0.5, 0.6) is 0 Å². The van der Waals surface area contributed by atoms with Gasteiger partial charge in [-0.1, -0.05) is 12.1 Å². The number of hydrogen-bond donors (Lipinski definition) is 3. The van der Waals surface area contributed by atoms with E-state index in [1.165, 1.54) is 0 Å². The summed E-state index contributed by atoms with van der Waals surface area (Å²) in [7, 11) is 0. The number of urea groups is 1. The Morgan fingerprint density at radius 2 is 1.83 bits per heavy atom. The molecule has 4 heteroatoms. The van der Waals surface area contributed by atoms with Gasteiger partial charge in [0.05, 0.1) is 18.0 Å². The largest absolute Gasteiger partial charge is 0.366 e. The molecule has 1 aromatic carbocycles. The van der Waals surface area contributed by atoms with E-state index < -0.39 is 0 Å². The lowest BCUT2D eigenvalue weighted by Gasteiger charge is -2.04. The maximum atomic E-state index is 11.0. The van der Waals surface area contributed by atoms with Crippen LogP contribution in [0, 0.1) is 0 Å². The molecule has 0 aliphatic carbocycles. The van der Waals surface area contributed by atoms with E-state index in [4.69, 9.17) is 0 Å². The van der Waals surface area contributed by atoms with Gasteiger partial charge in [0.2, 0.25) is 0 Å². The van der Waals surface area contributed by atoms with Crippen molar-refractivity contribution in [1.29, 1.82) is 0 Å². The molecule has 0 bridgehead atoms. The number of para-hydroxylation sites is 2. The third-order valence-electron chi connectivity index (χ3n) is 1.70. The van der Waals surface area contributed by atoms with E-state index in [1.807, 2.05) is 24.3 Å². The van der Waals surface area contributed by atoms with Gasteiger partial charge in [0.25, 0.3) is 0 Å². The highest BCUT2D eigenvalue weighted by Crippen LogP contribution is 2.21. The van der Waals surface area contributed by atoms with Crippen molar-refractivity contribution in [2.45, 2.75) is 0 Å². The predicted octanol–water partition coefficient (Wildman–Crippen LogP) is 1.19. The number of rotatable bonds is 0. The number of nitrogens with one attached hydrogen (secondary N) is 3. The second kappa shape index (κ2) is 2.73. The number of hydrogen-bond acceptors (Lipinski definition) is 2. The van der Waals surface area contributed by atoms with Crippen LogP contribution in [0.15, 0.2) is 24.3 Å². The minimum absolute atomic E-state index is 0.174. The maximum Gasteiger partial charge on any atom is 0.320 e. The summed E-state index contributed by atoms with van der Waals surface area (Å²) >= 11 is 0. The standard InChI is InChI=1S/C8H9N3O/c12-8-10-5-9-6-3-1-2-4-7(6)11-8/h1-4,9H,5H2,(H2,10,11,12). The number of benzene rings is 1. The lowest BCUT2D eigenvalue weighted by atomic mass is 10.3. The molecule has 0 saturated heterocycles. The summed E-state index contributed by atoms with van der Waals surface area (Å²) in [6, 6.07) is 7.40. The fourth-order valence-corrected chi connectivity index (χ4v) is 1.13. The fourth-order valence-electron chi connectivity index (χ4n) is 1.13. The Morgan fingerprint density at radius 1 is 1.08 bits per heavy atom. The summed E-state index contributed by atoms with van der Waals surface area (Å²) in [4.78, 5) is 11.0. The van der Waals surface area contributed by atoms with E-state index in [1.54, 1.807) is 0 Å². The molecule has 1 aliphatic heterocycles. The summed E-state index contributed by atoms with van der Waals surface area (Å²) in [5.74, 6) is 0. The highest BCUT2D eigenvalue weighted by atomic mass is 16.2. The molecular formula is C8H9N3O. The molecule has 0 spiro atoms. The molecule has 0 saturated carbocycles. The van der Waals surface area contributed by atoms with Gasteiger partial charge in [0, 0.05) is 0 Å². The Hall–Kier alpha value is -1.71. The predicted molar refractivity (Wildman–Crippen MR) is 47.1 cm³/mol. The molecule has 2 amide bonds.